The number of hydrogen-bond donors (Lipinski definition) is 0. The minimum atomic E-state index is -0.625. The van der Waals surface area contributed by atoms with Crippen LogP contribution in [0.2, 0.25) is 0 Å². The number of methoxy groups -OCH3 is 4. The smallest absolute Gasteiger partial charge is 0.186 e. The van der Waals surface area contributed by atoms with E-state index in [1.807, 2.05) is 79.7 Å². The molecule has 0 aromatic heterocycles. The summed E-state index contributed by atoms with van der Waals surface area (Å²) < 4.78 is 47.1. The fourth-order valence-electron chi connectivity index (χ4n) is 4.50. The van der Waals surface area contributed by atoms with E-state index in [1.54, 1.807) is 28.4 Å². The van der Waals surface area contributed by atoms with Gasteiger partial charge in [0.2, 0.25) is 0 Å². The summed E-state index contributed by atoms with van der Waals surface area (Å²) in [5, 5.41) is 0. The van der Waals surface area contributed by atoms with Gasteiger partial charge in [-0.15, -0.1) is 0 Å². The van der Waals surface area contributed by atoms with E-state index in [0.29, 0.717) is 19.8 Å². The molecule has 0 bridgehead atoms. The molecule has 8 heteroatoms. The van der Waals surface area contributed by atoms with Gasteiger partial charge < -0.3 is 37.9 Å². The molecule has 5 unspecified atom stereocenters. The Morgan fingerprint density at radius 1 is 0.513 bits per heavy atom. The number of hydrogen-bond acceptors (Lipinski definition) is 8. The Kier molecular flexibility index (Phi) is 10.6. The van der Waals surface area contributed by atoms with Crippen molar-refractivity contribution in [3.8, 4) is 17.2 Å². The van der Waals surface area contributed by atoms with E-state index in [0.717, 1.165) is 33.9 Å². The predicted molar refractivity (Wildman–Crippen MR) is 146 cm³/mol. The van der Waals surface area contributed by atoms with E-state index in [2.05, 4.69) is 0 Å². The number of ether oxygens (including phenoxy) is 8. The van der Waals surface area contributed by atoms with Gasteiger partial charge in [-0.1, -0.05) is 36.4 Å². The first kappa shape index (κ1) is 28.9. The molecule has 8 nitrogen and oxygen atoms in total. The van der Waals surface area contributed by atoms with Crippen LogP contribution in [-0.2, 0) is 43.5 Å². The van der Waals surface area contributed by atoms with Crippen LogP contribution in [0.5, 0.6) is 17.2 Å². The van der Waals surface area contributed by atoms with Gasteiger partial charge >= 0.3 is 0 Å². The molecule has 1 heterocycles. The van der Waals surface area contributed by atoms with E-state index in [-0.39, 0.29) is 6.10 Å². The molecule has 3 aromatic rings. The third kappa shape index (κ3) is 7.71. The van der Waals surface area contributed by atoms with Crippen LogP contribution in [0.15, 0.2) is 72.8 Å². The van der Waals surface area contributed by atoms with Crippen molar-refractivity contribution < 1.29 is 37.9 Å². The first-order chi connectivity index (χ1) is 19.0. The van der Waals surface area contributed by atoms with Gasteiger partial charge in [-0.05, 0) is 60.0 Å². The summed E-state index contributed by atoms with van der Waals surface area (Å²) in [5.74, 6) is 2.37. The van der Waals surface area contributed by atoms with E-state index >= 15 is 0 Å². The second kappa shape index (κ2) is 14.3. The molecule has 1 aliphatic rings. The van der Waals surface area contributed by atoms with Gasteiger partial charge in [0, 0.05) is 7.11 Å². The summed E-state index contributed by atoms with van der Waals surface area (Å²) in [4.78, 5) is 0. The topological polar surface area (TPSA) is 73.8 Å². The molecule has 0 amide bonds. The maximum absolute atomic E-state index is 6.53. The first-order valence-corrected chi connectivity index (χ1v) is 13.0. The standard InChI is InChI=1S/C31H38O8/c1-21-28(36-18-22-6-12-25(32-2)13-7-22)29(37-19-23-8-14-26(33-3)15-9-23)30(31(35-5)39-21)38-20-24-10-16-27(34-4)17-11-24/h6-17,21,28-31H,18-20H2,1-5H3. The van der Waals surface area contributed by atoms with Crippen LogP contribution in [-0.4, -0.2) is 59.1 Å². The van der Waals surface area contributed by atoms with Crippen LogP contribution < -0.4 is 14.2 Å². The Hall–Kier alpha value is -3.14. The highest BCUT2D eigenvalue weighted by Crippen LogP contribution is 2.31. The molecule has 4 rings (SSSR count). The lowest BCUT2D eigenvalue weighted by Gasteiger charge is -2.44. The molecule has 0 spiro atoms. The number of benzene rings is 3. The molecule has 5 atom stereocenters. The van der Waals surface area contributed by atoms with Crippen molar-refractivity contribution in [3.05, 3.63) is 89.5 Å². The lowest BCUT2D eigenvalue weighted by Crippen LogP contribution is -2.59. The lowest BCUT2D eigenvalue weighted by molar-refractivity contribution is -0.314. The van der Waals surface area contributed by atoms with Gasteiger partial charge in [-0.2, -0.15) is 0 Å². The average Bonchev–Trinajstić information content (AvgIpc) is 2.99. The van der Waals surface area contributed by atoms with Gasteiger partial charge in [-0.25, -0.2) is 0 Å². The molecule has 0 N–H and O–H groups in total. The molecule has 3 aromatic carbocycles. The zero-order valence-corrected chi connectivity index (χ0v) is 23.2. The molecule has 0 radical (unpaired) electrons. The van der Waals surface area contributed by atoms with Gasteiger partial charge in [-0.3, -0.25) is 0 Å². The van der Waals surface area contributed by atoms with Gasteiger partial charge in [0.05, 0.1) is 47.3 Å². The predicted octanol–water partition coefficient (Wildman–Crippen LogP) is 5.16. The third-order valence-corrected chi connectivity index (χ3v) is 6.76. The lowest BCUT2D eigenvalue weighted by atomic mass is 9.98. The maximum Gasteiger partial charge on any atom is 0.186 e. The SMILES string of the molecule is COc1ccc(COC2C(C)OC(OC)C(OCc3ccc(OC)cc3)C2OCc2ccc(OC)cc2)cc1. The highest BCUT2D eigenvalue weighted by atomic mass is 16.7. The fourth-order valence-corrected chi connectivity index (χ4v) is 4.50. The summed E-state index contributed by atoms with van der Waals surface area (Å²) in [6, 6.07) is 23.3. The molecule has 0 saturated carbocycles. The molecule has 1 fully saturated rings. The van der Waals surface area contributed by atoms with Crippen LogP contribution in [0.1, 0.15) is 23.6 Å². The monoisotopic (exact) mass is 538 g/mol. The van der Waals surface area contributed by atoms with E-state index < -0.39 is 24.6 Å². The van der Waals surface area contributed by atoms with E-state index in [4.69, 9.17) is 37.9 Å². The Balaban J connectivity index is 1.53. The van der Waals surface area contributed by atoms with Crippen LogP contribution in [0.4, 0.5) is 0 Å². The van der Waals surface area contributed by atoms with E-state index in [9.17, 15) is 0 Å². The summed E-state index contributed by atoms with van der Waals surface area (Å²) in [6.07, 6.45) is -2.32. The van der Waals surface area contributed by atoms with Crippen LogP contribution in [0.3, 0.4) is 0 Å². The Labute approximate surface area is 230 Å². The zero-order valence-electron chi connectivity index (χ0n) is 23.2. The highest BCUT2D eigenvalue weighted by molar-refractivity contribution is 5.28. The van der Waals surface area contributed by atoms with Crippen molar-refractivity contribution in [2.45, 2.75) is 57.5 Å². The molecule has 39 heavy (non-hydrogen) atoms. The second-order valence-electron chi connectivity index (χ2n) is 9.32. The minimum Gasteiger partial charge on any atom is -0.497 e. The first-order valence-electron chi connectivity index (χ1n) is 13.0. The Morgan fingerprint density at radius 3 is 1.23 bits per heavy atom. The van der Waals surface area contributed by atoms with Gasteiger partial charge in [0.1, 0.15) is 35.6 Å². The maximum atomic E-state index is 6.53. The molecular formula is C31H38O8. The average molecular weight is 539 g/mol. The Morgan fingerprint density at radius 2 is 0.872 bits per heavy atom. The normalized spacial score (nSPS) is 22.8. The number of rotatable bonds is 13. The Bertz CT molecular complexity index is 1120. The van der Waals surface area contributed by atoms with Crippen molar-refractivity contribution >= 4 is 0 Å². The zero-order chi connectivity index (χ0) is 27.6. The van der Waals surface area contributed by atoms with Crippen molar-refractivity contribution in [2.24, 2.45) is 0 Å². The van der Waals surface area contributed by atoms with Gasteiger partial charge in [0.15, 0.2) is 6.29 Å². The summed E-state index contributed by atoms with van der Waals surface area (Å²) in [7, 11) is 6.55. The second-order valence-corrected chi connectivity index (χ2v) is 9.32. The van der Waals surface area contributed by atoms with Gasteiger partial charge in [0.25, 0.3) is 0 Å². The van der Waals surface area contributed by atoms with Crippen molar-refractivity contribution in [1.82, 2.24) is 0 Å². The van der Waals surface area contributed by atoms with E-state index in [1.165, 1.54) is 0 Å². The molecular weight excluding hydrogens is 500 g/mol. The van der Waals surface area contributed by atoms with Crippen LogP contribution in [0.25, 0.3) is 0 Å². The van der Waals surface area contributed by atoms with Crippen molar-refractivity contribution in [3.63, 3.8) is 0 Å². The minimum absolute atomic E-state index is 0.296. The summed E-state index contributed by atoms with van der Waals surface area (Å²) in [6.45, 7) is 3.06. The molecule has 0 aliphatic carbocycles. The van der Waals surface area contributed by atoms with Crippen molar-refractivity contribution in [1.29, 1.82) is 0 Å². The summed E-state index contributed by atoms with van der Waals surface area (Å²) >= 11 is 0. The highest BCUT2D eigenvalue weighted by Gasteiger charge is 2.47. The van der Waals surface area contributed by atoms with Crippen LogP contribution in [0, 0.1) is 0 Å². The fraction of sp³-hybridized carbons (Fsp3) is 0.419. The molecule has 1 aliphatic heterocycles. The molecule has 210 valence electrons. The third-order valence-electron chi connectivity index (χ3n) is 6.76. The quantitative estimate of drug-likeness (QED) is 0.296. The van der Waals surface area contributed by atoms with Crippen LogP contribution >= 0.6 is 0 Å². The molecule has 1 saturated heterocycles. The van der Waals surface area contributed by atoms with Crippen molar-refractivity contribution in [2.75, 3.05) is 28.4 Å². The summed E-state index contributed by atoms with van der Waals surface area (Å²) in [5.41, 5.74) is 3.02. The largest absolute Gasteiger partial charge is 0.497 e.